The predicted octanol–water partition coefficient (Wildman–Crippen LogP) is 2.07. The smallest absolute Gasteiger partial charge is 0.0876 e. The number of rotatable bonds is 4. The number of para-hydroxylation sites is 1. The first-order valence-corrected chi connectivity index (χ1v) is 6.80. The van der Waals surface area contributed by atoms with Gasteiger partial charge in [-0.25, -0.2) is 0 Å². The fourth-order valence-corrected chi connectivity index (χ4v) is 2.50. The van der Waals surface area contributed by atoms with E-state index < -0.39 is 6.10 Å². The molecule has 3 aromatic rings. The molecule has 0 radical (unpaired) electrons. The van der Waals surface area contributed by atoms with E-state index in [-0.39, 0.29) is 0 Å². The summed E-state index contributed by atoms with van der Waals surface area (Å²) in [5.41, 5.74) is 2.87. The second-order valence-corrected chi connectivity index (χ2v) is 4.95. The first-order chi connectivity index (χ1) is 9.69. The third-order valence-corrected chi connectivity index (χ3v) is 3.53. The number of benzene rings is 1. The molecule has 1 atom stereocenters. The highest BCUT2D eigenvalue weighted by Gasteiger charge is 2.16. The summed E-state index contributed by atoms with van der Waals surface area (Å²) in [7, 11) is 1.84. The summed E-state index contributed by atoms with van der Waals surface area (Å²) in [5.74, 6) is 0. The Morgan fingerprint density at radius 3 is 2.80 bits per heavy atom. The molecule has 0 saturated heterocycles. The van der Waals surface area contributed by atoms with Crippen molar-refractivity contribution in [2.24, 2.45) is 7.05 Å². The maximum absolute atomic E-state index is 10.3. The number of aliphatic hydroxyl groups excluding tert-OH is 1. The summed E-state index contributed by atoms with van der Waals surface area (Å²) in [5, 5.41) is 20.1. The Balaban J connectivity index is 1.94. The summed E-state index contributed by atoms with van der Waals surface area (Å²) in [4.78, 5) is 0. The van der Waals surface area contributed by atoms with Crippen LogP contribution in [0.25, 0.3) is 10.9 Å². The minimum absolute atomic E-state index is 0.499. The van der Waals surface area contributed by atoms with Crippen LogP contribution in [0.2, 0.25) is 0 Å². The molecule has 1 aromatic carbocycles. The van der Waals surface area contributed by atoms with E-state index in [1.54, 1.807) is 10.9 Å². The van der Waals surface area contributed by atoms with E-state index in [0.717, 1.165) is 28.7 Å². The Morgan fingerprint density at radius 2 is 2.10 bits per heavy atom. The second-order valence-electron chi connectivity index (χ2n) is 4.95. The third-order valence-electron chi connectivity index (χ3n) is 3.53. The SMILES string of the molecule is CCn1nc(CC(O)c2cnn(C)c2)c2ccccc21. The van der Waals surface area contributed by atoms with E-state index in [0.29, 0.717) is 6.42 Å². The number of aryl methyl sites for hydroxylation is 2. The molecule has 5 nitrogen and oxygen atoms in total. The van der Waals surface area contributed by atoms with Crippen LogP contribution in [-0.2, 0) is 20.0 Å². The van der Waals surface area contributed by atoms with Gasteiger partial charge in [-0.15, -0.1) is 0 Å². The highest BCUT2D eigenvalue weighted by Crippen LogP contribution is 2.23. The minimum Gasteiger partial charge on any atom is -0.388 e. The topological polar surface area (TPSA) is 55.9 Å². The van der Waals surface area contributed by atoms with E-state index in [9.17, 15) is 5.11 Å². The van der Waals surface area contributed by atoms with Gasteiger partial charge in [0.25, 0.3) is 0 Å². The Labute approximate surface area is 117 Å². The summed E-state index contributed by atoms with van der Waals surface area (Å²) >= 11 is 0. The predicted molar refractivity (Wildman–Crippen MR) is 77.3 cm³/mol. The van der Waals surface area contributed by atoms with Crippen molar-refractivity contribution in [1.29, 1.82) is 0 Å². The number of fused-ring (bicyclic) bond motifs is 1. The van der Waals surface area contributed by atoms with Gasteiger partial charge < -0.3 is 5.11 Å². The van der Waals surface area contributed by atoms with Gasteiger partial charge in [-0.2, -0.15) is 10.2 Å². The maximum atomic E-state index is 10.3. The quantitative estimate of drug-likeness (QED) is 0.789. The molecule has 0 aliphatic heterocycles. The van der Waals surface area contributed by atoms with E-state index in [4.69, 9.17) is 0 Å². The Bertz CT molecular complexity index is 728. The van der Waals surface area contributed by atoms with Crippen LogP contribution in [0.1, 0.15) is 24.3 Å². The van der Waals surface area contributed by atoms with Crippen molar-refractivity contribution in [2.75, 3.05) is 0 Å². The highest BCUT2D eigenvalue weighted by atomic mass is 16.3. The van der Waals surface area contributed by atoms with Crippen LogP contribution in [0.15, 0.2) is 36.7 Å². The van der Waals surface area contributed by atoms with Crippen LogP contribution in [-0.4, -0.2) is 24.7 Å². The van der Waals surface area contributed by atoms with E-state index in [1.807, 2.05) is 30.1 Å². The molecule has 1 N–H and O–H groups in total. The maximum Gasteiger partial charge on any atom is 0.0876 e. The van der Waals surface area contributed by atoms with E-state index in [1.165, 1.54) is 0 Å². The fraction of sp³-hybridized carbons (Fsp3) is 0.333. The summed E-state index contributed by atoms with van der Waals surface area (Å²) in [6, 6.07) is 8.13. The van der Waals surface area contributed by atoms with Gasteiger partial charge in [0.1, 0.15) is 0 Å². The molecule has 0 bridgehead atoms. The highest BCUT2D eigenvalue weighted by molar-refractivity contribution is 5.82. The lowest BCUT2D eigenvalue weighted by Gasteiger charge is -2.06. The van der Waals surface area contributed by atoms with Crippen molar-refractivity contribution < 1.29 is 5.11 Å². The minimum atomic E-state index is -0.577. The third kappa shape index (κ3) is 2.20. The van der Waals surface area contributed by atoms with Gasteiger partial charge in [-0.05, 0) is 13.0 Å². The molecular weight excluding hydrogens is 252 g/mol. The summed E-state index contributed by atoms with van der Waals surface area (Å²) in [6.45, 7) is 2.89. The van der Waals surface area contributed by atoms with Gasteiger partial charge in [0.15, 0.2) is 0 Å². The van der Waals surface area contributed by atoms with E-state index in [2.05, 4.69) is 29.3 Å². The molecule has 0 saturated carbocycles. The first kappa shape index (κ1) is 12.9. The van der Waals surface area contributed by atoms with Crippen LogP contribution >= 0.6 is 0 Å². The first-order valence-electron chi connectivity index (χ1n) is 6.80. The number of hydrogen-bond acceptors (Lipinski definition) is 3. The molecule has 20 heavy (non-hydrogen) atoms. The zero-order chi connectivity index (χ0) is 14.1. The average molecular weight is 270 g/mol. The van der Waals surface area contributed by atoms with Gasteiger partial charge in [-0.1, -0.05) is 18.2 Å². The molecule has 5 heteroatoms. The normalized spacial score (nSPS) is 12.9. The lowest BCUT2D eigenvalue weighted by atomic mass is 10.1. The Hall–Kier alpha value is -2.14. The zero-order valence-electron chi connectivity index (χ0n) is 11.7. The Morgan fingerprint density at radius 1 is 1.30 bits per heavy atom. The molecule has 0 amide bonds. The molecular formula is C15H18N4O. The van der Waals surface area contributed by atoms with Gasteiger partial charge in [-0.3, -0.25) is 9.36 Å². The molecule has 2 heterocycles. The molecule has 1 unspecified atom stereocenters. The van der Waals surface area contributed by atoms with Gasteiger partial charge in [0, 0.05) is 37.2 Å². The second kappa shape index (κ2) is 5.09. The molecule has 0 fully saturated rings. The molecule has 104 valence electrons. The standard InChI is InChI=1S/C15H18N4O/c1-3-19-14-7-5-4-6-12(14)13(17-19)8-15(20)11-9-16-18(2)10-11/h4-7,9-10,15,20H,3,8H2,1-2H3. The lowest BCUT2D eigenvalue weighted by Crippen LogP contribution is -2.03. The molecule has 0 aliphatic carbocycles. The van der Waals surface area contributed by atoms with Crippen molar-refractivity contribution >= 4 is 10.9 Å². The van der Waals surface area contributed by atoms with Crippen LogP contribution in [0, 0.1) is 0 Å². The number of aliphatic hydroxyl groups is 1. The van der Waals surface area contributed by atoms with Crippen molar-refractivity contribution in [2.45, 2.75) is 26.0 Å². The lowest BCUT2D eigenvalue weighted by molar-refractivity contribution is 0.177. The monoisotopic (exact) mass is 270 g/mol. The Kier molecular flexibility index (Phi) is 3.28. The summed E-state index contributed by atoms with van der Waals surface area (Å²) < 4.78 is 3.67. The molecule has 3 rings (SSSR count). The largest absolute Gasteiger partial charge is 0.388 e. The van der Waals surface area contributed by atoms with Crippen LogP contribution in [0.5, 0.6) is 0 Å². The van der Waals surface area contributed by atoms with Crippen molar-refractivity contribution in [1.82, 2.24) is 19.6 Å². The average Bonchev–Trinajstić information content (AvgIpc) is 3.03. The van der Waals surface area contributed by atoms with Crippen molar-refractivity contribution in [3.05, 3.63) is 47.9 Å². The van der Waals surface area contributed by atoms with Crippen molar-refractivity contribution in [3.63, 3.8) is 0 Å². The zero-order valence-corrected chi connectivity index (χ0v) is 11.7. The number of aromatic nitrogens is 4. The number of nitrogens with zero attached hydrogens (tertiary/aromatic N) is 4. The van der Waals surface area contributed by atoms with Crippen LogP contribution < -0.4 is 0 Å². The molecule has 0 spiro atoms. The van der Waals surface area contributed by atoms with Crippen LogP contribution in [0.3, 0.4) is 0 Å². The molecule has 0 aliphatic rings. The van der Waals surface area contributed by atoms with E-state index >= 15 is 0 Å². The van der Waals surface area contributed by atoms with Gasteiger partial charge in [0.05, 0.1) is 23.5 Å². The van der Waals surface area contributed by atoms with Gasteiger partial charge in [0.2, 0.25) is 0 Å². The van der Waals surface area contributed by atoms with Gasteiger partial charge >= 0.3 is 0 Å². The fourth-order valence-electron chi connectivity index (χ4n) is 2.50. The van der Waals surface area contributed by atoms with Crippen LogP contribution in [0.4, 0.5) is 0 Å². The summed E-state index contributed by atoms with van der Waals surface area (Å²) in [6.07, 6.45) is 3.46. The van der Waals surface area contributed by atoms with Crippen molar-refractivity contribution in [3.8, 4) is 0 Å². The molecule has 2 aromatic heterocycles. The number of hydrogen-bond donors (Lipinski definition) is 1.